The van der Waals surface area contributed by atoms with Gasteiger partial charge in [-0.3, -0.25) is 0 Å². The first kappa shape index (κ1) is 21.1. The summed E-state index contributed by atoms with van der Waals surface area (Å²) in [5.41, 5.74) is 1.37. The van der Waals surface area contributed by atoms with Gasteiger partial charge in [0.1, 0.15) is 0 Å². The van der Waals surface area contributed by atoms with E-state index in [1.54, 1.807) is 0 Å². The molecule has 1 spiro atoms. The highest BCUT2D eigenvalue weighted by Crippen LogP contribution is 2.52. The maximum Gasteiger partial charge on any atom is 0.0603 e. The second kappa shape index (κ2) is 8.94. The molecule has 0 amide bonds. The van der Waals surface area contributed by atoms with E-state index in [4.69, 9.17) is 4.74 Å². The van der Waals surface area contributed by atoms with Crippen molar-refractivity contribution in [2.45, 2.75) is 104 Å². The number of hydrogen-bond donors (Lipinski definition) is 0. The molecule has 2 aliphatic heterocycles. The van der Waals surface area contributed by atoms with E-state index >= 15 is 0 Å². The minimum absolute atomic E-state index is 0.541. The van der Waals surface area contributed by atoms with Crippen LogP contribution < -0.4 is 0 Å². The van der Waals surface area contributed by atoms with E-state index in [0.29, 0.717) is 23.0 Å². The monoisotopic (exact) mass is 390 g/mol. The maximum atomic E-state index is 6.55. The van der Waals surface area contributed by atoms with Crippen LogP contribution in [0.15, 0.2) is 0 Å². The van der Waals surface area contributed by atoms with E-state index in [2.05, 4.69) is 30.6 Å². The molecule has 3 nitrogen and oxygen atoms in total. The van der Waals surface area contributed by atoms with Gasteiger partial charge in [-0.15, -0.1) is 0 Å². The summed E-state index contributed by atoms with van der Waals surface area (Å²) in [7, 11) is 0. The van der Waals surface area contributed by atoms with Crippen LogP contribution in [0.3, 0.4) is 0 Å². The third kappa shape index (κ3) is 5.32. The van der Waals surface area contributed by atoms with Crippen LogP contribution in [0.1, 0.15) is 91.4 Å². The van der Waals surface area contributed by atoms with Gasteiger partial charge < -0.3 is 14.5 Å². The van der Waals surface area contributed by atoms with Crippen LogP contribution >= 0.6 is 0 Å². The molecule has 0 aromatic carbocycles. The fourth-order valence-electron chi connectivity index (χ4n) is 6.60. The molecule has 2 heterocycles. The molecule has 0 atom stereocenters. The molecule has 4 aliphatic rings. The molecule has 0 radical (unpaired) electrons. The Morgan fingerprint density at radius 1 is 0.786 bits per heavy atom. The molecule has 162 valence electrons. The van der Waals surface area contributed by atoms with Gasteiger partial charge in [-0.1, -0.05) is 20.8 Å². The lowest BCUT2D eigenvalue weighted by molar-refractivity contribution is -0.0780. The highest BCUT2D eigenvalue weighted by molar-refractivity contribution is 4.98. The average Bonchev–Trinajstić information content (AvgIpc) is 3.44. The number of rotatable bonds is 7. The largest absolute Gasteiger partial charge is 0.375 e. The van der Waals surface area contributed by atoms with Crippen molar-refractivity contribution < 1.29 is 4.74 Å². The first-order valence-electron chi connectivity index (χ1n) is 12.6. The van der Waals surface area contributed by atoms with Crippen LogP contribution in [0.25, 0.3) is 0 Å². The number of hydrogen-bond acceptors (Lipinski definition) is 3. The van der Waals surface area contributed by atoms with Gasteiger partial charge in [0.2, 0.25) is 0 Å². The van der Waals surface area contributed by atoms with Crippen molar-refractivity contribution in [3.05, 3.63) is 0 Å². The number of nitrogens with zero attached hydrogens (tertiary/aromatic N) is 2. The standard InChI is InChI=1S/C25H46N2O/c1-4-26-15-7-23(8-16-26)28-22-5-9-24(10-6-22)13-17-27(18-14-24)20-25(11-12-25)19-21(2)3/h21-23H,4-20H2,1-3H3. The van der Waals surface area contributed by atoms with Crippen LogP contribution in [-0.2, 0) is 4.74 Å². The van der Waals surface area contributed by atoms with Gasteiger partial charge >= 0.3 is 0 Å². The Balaban J connectivity index is 1.16. The average molecular weight is 391 g/mol. The van der Waals surface area contributed by atoms with E-state index in [1.807, 2.05) is 0 Å². The van der Waals surface area contributed by atoms with Crippen molar-refractivity contribution in [2.75, 3.05) is 39.3 Å². The van der Waals surface area contributed by atoms with Crippen LogP contribution in [0.4, 0.5) is 0 Å². The summed E-state index contributed by atoms with van der Waals surface area (Å²) in [5.74, 6) is 0.864. The van der Waals surface area contributed by atoms with Crippen molar-refractivity contribution in [3.8, 4) is 0 Å². The molecule has 3 heteroatoms. The van der Waals surface area contributed by atoms with Gasteiger partial charge in [0.05, 0.1) is 12.2 Å². The Bertz CT molecular complexity index is 475. The topological polar surface area (TPSA) is 15.7 Å². The third-order valence-corrected chi connectivity index (χ3v) is 8.63. The van der Waals surface area contributed by atoms with Gasteiger partial charge in [0.25, 0.3) is 0 Å². The number of piperidine rings is 2. The third-order valence-electron chi connectivity index (χ3n) is 8.63. The fraction of sp³-hybridized carbons (Fsp3) is 1.00. The van der Waals surface area contributed by atoms with Crippen LogP contribution in [0, 0.1) is 16.7 Å². The lowest BCUT2D eigenvalue weighted by Crippen LogP contribution is -2.45. The van der Waals surface area contributed by atoms with E-state index < -0.39 is 0 Å². The molecular weight excluding hydrogens is 344 g/mol. The lowest BCUT2D eigenvalue weighted by Gasteiger charge is -2.47. The normalized spacial score (nSPS) is 29.6. The SMILES string of the molecule is CCN1CCC(OC2CCC3(CC2)CCN(CC2(CC(C)C)CC2)CC3)CC1. The maximum absolute atomic E-state index is 6.55. The molecule has 0 unspecified atom stereocenters. The molecular formula is C25H46N2O. The fourth-order valence-corrected chi connectivity index (χ4v) is 6.60. The van der Waals surface area contributed by atoms with Crippen LogP contribution in [-0.4, -0.2) is 61.3 Å². The first-order chi connectivity index (χ1) is 13.5. The number of likely N-dealkylation sites (tertiary alicyclic amines) is 2. The summed E-state index contributed by atoms with van der Waals surface area (Å²) in [4.78, 5) is 5.39. The summed E-state index contributed by atoms with van der Waals surface area (Å²) in [5, 5.41) is 0. The smallest absolute Gasteiger partial charge is 0.0603 e. The highest BCUT2D eigenvalue weighted by Gasteiger charge is 2.46. The van der Waals surface area contributed by atoms with Gasteiger partial charge in [-0.05, 0) is 107 Å². The van der Waals surface area contributed by atoms with Gasteiger partial charge in [-0.25, -0.2) is 0 Å². The molecule has 4 fully saturated rings. The predicted molar refractivity (Wildman–Crippen MR) is 118 cm³/mol. The van der Waals surface area contributed by atoms with Crippen molar-refractivity contribution in [3.63, 3.8) is 0 Å². The zero-order valence-corrected chi connectivity index (χ0v) is 19.1. The molecule has 4 rings (SSSR count). The molecule has 28 heavy (non-hydrogen) atoms. The molecule has 2 aliphatic carbocycles. The lowest BCUT2D eigenvalue weighted by atomic mass is 9.67. The Kier molecular flexibility index (Phi) is 6.74. The van der Waals surface area contributed by atoms with Crippen LogP contribution in [0.5, 0.6) is 0 Å². The number of ether oxygens (including phenoxy) is 1. The van der Waals surface area contributed by atoms with Crippen molar-refractivity contribution in [1.29, 1.82) is 0 Å². The quantitative estimate of drug-likeness (QED) is 0.584. The Hall–Kier alpha value is -0.120. The van der Waals surface area contributed by atoms with Crippen LogP contribution in [0.2, 0.25) is 0 Å². The summed E-state index contributed by atoms with van der Waals surface area (Å²) in [6.07, 6.45) is 16.4. The molecule has 2 saturated carbocycles. The van der Waals surface area contributed by atoms with Gasteiger partial charge in [0.15, 0.2) is 0 Å². The van der Waals surface area contributed by atoms with E-state index in [-0.39, 0.29) is 0 Å². The minimum atomic E-state index is 0.541. The molecule has 2 saturated heterocycles. The minimum Gasteiger partial charge on any atom is -0.375 e. The summed E-state index contributed by atoms with van der Waals surface area (Å²) in [6.45, 7) is 14.9. The second-order valence-corrected chi connectivity index (χ2v) is 11.3. The van der Waals surface area contributed by atoms with Gasteiger partial charge in [0, 0.05) is 19.6 Å². The molecule has 0 aromatic rings. The van der Waals surface area contributed by atoms with E-state index in [9.17, 15) is 0 Å². The highest BCUT2D eigenvalue weighted by atomic mass is 16.5. The molecule has 0 aromatic heterocycles. The Labute approximate surface area is 174 Å². The zero-order chi connectivity index (χ0) is 19.6. The van der Waals surface area contributed by atoms with Crippen molar-refractivity contribution in [1.82, 2.24) is 9.80 Å². The second-order valence-electron chi connectivity index (χ2n) is 11.3. The summed E-state index contributed by atoms with van der Waals surface area (Å²) in [6, 6.07) is 0. The van der Waals surface area contributed by atoms with E-state index in [0.717, 1.165) is 5.92 Å². The summed E-state index contributed by atoms with van der Waals surface area (Å²) >= 11 is 0. The predicted octanol–water partition coefficient (Wildman–Crippen LogP) is 5.34. The summed E-state index contributed by atoms with van der Waals surface area (Å²) < 4.78 is 6.55. The van der Waals surface area contributed by atoms with Crippen molar-refractivity contribution >= 4 is 0 Å². The Morgan fingerprint density at radius 3 is 1.93 bits per heavy atom. The van der Waals surface area contributed by atoms with Crippen molar-refractivity contribution in [2.24, 2.45) is 16.7 Å². The zero-order valence-electron chi connectivity index (χ0n) is 19.1. The van der Waals surface area contributed by atoms with E-state index in [1.165, 1.54) is 110 Å². The molecule has 0 bridgehead atoms. The van der Waals surface area contributed by atoms with Gasteiger partial charge in [-0.2, -0.15) is 0 Å². The molecule has 0 N–H and O–H groups in total. The first-order valence-corrected chi connectivity index (χ1v) is 12.6. The Morgan fingerprint density at radius 2 is 1.39 bits per heavy atom.